The van der Waals surface area contributed by atoms with Gasteiger partial charge in [0, 0.05) is 13.1 Å². The van der Waals surface area contributed by atoms with Crippen LogP contribution < -0.4 is 9.47 Å². The van der Waals surface area contributed by atoms with E-state index < -0.39 is 0 Å². The topological polar surface area (TPSA) is 30.9 Å². The molecule has 0 N–H and O–H groups in total. The summed E-state index contributed by atoms with van der Waals surface area (Å²) < 4.78 is 16.4. The summed E-state index contributed by atoms with van der Waals surface area (Å²) in [6.07, 6.45) is 2.29. The first-order chi connectivity index (χ1) is 12.3. The minimum atomic E-state index is 0.570. The van der Waals surface area contributed by atoms with Gasteiger partial charge in [-0.3, -0.25) is 4.90 Å². The summed E-state index contributed by atoms with van der Waals surface area (Å²) >= 11 is 0. The standard InChI is InChI=1S/C21H27NO3/c1-23-20-8-6-19(7-9-20)17-25-21-10-4-18(5-11-21)3-2-12-22-13-15-24-16-14-22/h4-11H,2-3,12-17H2,1H3. The van der Waals surface area contributed by atoms with Crippen molar-refractivity contribution in [3.8, 4) is 11.5 Å². The summed E-state index contributed by atoms with van der Waals surface area (Å²) in [7, 11) is 1.67. The van der Waals surface area contributed by atoms with Crippen LogP contribution in [0.4, 0.5) is 0 Å². The van der Waals surface area contributed by atoms with Crippen molar-refractivity contribution in [1.82, 2.24) is 4.90 Å². The number of benzene rings is 2. The lowest BCUT2D eigenvalue weighted by Gasteiger charge is -2.26. The largest absolute Gasteiger partial charge is 0.497 e. The van der Waals surface area contributed by atoms with Crippen LogP contribution in [0.2, 0.25) is 0 Å². The lowest BCUT2D eigenvalue weighted by molar-refractivity contribution is 0.0374. The van der Waals surface area contributed by atoms with E-state index in [9.17, 15) is 0 Å². The van der Waals surface area contributed by atoms with E-state index in [1.54, 1.807) is 7.11 Å². The SMILES string of the molecule is COc1ccc(COc2ccc(CCCN3CCOCC3)cc2)cc1. The fourth-order valence-corrected chi connectivity index (χ4v) is 2.97. The summed E-state index contributed by atoms with van der Waals surface area (Å²) in [5, 5.41) is 0. The van der Waals surface area contributed by atoms with Gasteiger partial charge in [-0.2, -0.15) is 0 Å². The molecule has 0 amide bonds. The first-order valence-corrected chi connectivity index (χ1v) is 8.98. The number of morpholine rings is 1. The molecule has 2 aromatic rings. The Labute approximate surface area is 150 Å². The molecule has 2 aromatic carbocycles. The summed E-state index contributed by atoms with van der Waals surface area (Å²) in [6.45, 7) is 5.61. The van der Waals surface area contributed by atoms with Crippen LogP contribution in [0, 0.1) is 0 Å². The molecule has 1 aliphatic heterocycles. The highest BCUT2D eigenvalue weighted by molar-refractivity contribution is 5.29. The van der Waals surface area contributed by atoms with Crippen LogP contribution in [0.3, 0.4) is 0 Å². The summed E-state index contributed by atoms with van der Waals surface area (Å²) in [5.41, 5.74) is 2.50. The summed E-state index contributed by atoms with van der Waals surface area (Å²) in [6, 6.07) is 16.4. The van der Waals surface area contributed by atoms with Crippen molar-refractivity contribution in [3.05, 3.63) is 59.7 Å². The predicted octanol–water partition coefficient (Wildman–Crippen LogP) is 3.54. The summed E-state index contributed by atoms with van der Waals surface area (Å²) in [5.74, 6) is 1.78. The molecule has 0 atom stereocenters. The number of nitrogens with zero attached hydrogens (tertiary/aromatic N) is 1. The molecule has 4 heteroatoms. The molecular formula is C21H27NO3. The second kappa shape index (κ2) is 9.44. The maximum atomic E-state index is 5.86. The first-order valence-electron chi connectivity index (χ1n) is 8.98. The molecule has 0 radical (unpaired) electrons. The van der Waals surface area contributed by atoms with Crippen LogP contribution >= 0.6 is 0 Å². The number of methoxy groups -OCH3 is 1. The molecular weight excluding hydrogens is 314 g/mol. The van der Waals surface area contributed by atoms with Crippen molar-refractivity contribution in [2.45, 2.75) is 19.4 Å². The normalized spacial score (nSPS) is 15.1. The highest BCUT2D eigenvalue weighted by Crippen LogP contribution is 2.17. The molecule has 0 spiro atoms. The van der Waals surface area contributed by atoms with Crippen molar-refractivity contribution < 1.29 is 14.2 Å². The molecule has 1 aliphatic rings. The van der Waals surface area contributed by atoms with Crippen LogP contribution in [0.15, 0.2) is 48.5 Å². The number of hydrogen-bond acceptors (Lipinski definition) is 4. The van der Waals surface area contributed by atoms with Crippen molar-refractivity contribution >= 4 is 0 Å². The van der Waals surface area contributed by atoms with Crippen molar-refractivity contribution in [3.63, 3.8) is 0 Å². The average Bonchev–Trinajstić information content (AvgIpc) is 2.68. The van der Waals surface area contributed by atoms with Gasteiger partial charge in [0.25, 0.3) is 0 Å². The average molecular weight is 341 g/mol. The van der Waals surface area contributed by atoms with Gasteiger partial charge in [-0.15, -0.1) is 0 Å². The van der Waals surface area contributed by atoms with Gasteiger partial charge >= 0.3 is 0 Å². The Hall–Kier alpha value is -2.04. The highest BCUT2D eigenvalue weighted by Gasteiger charge is 2.09. The van der Waals surface area contributed by atoms with E-state index in [4.69, 9.17) is 14.2 Å². The molecule has 0 bridgehead atoms. The number of ether oxygens (including phenoxy) is 3. The number of hydrogen-bond donors (Lipinski definition) is 0. The Balaban J connectivity index is 1.40. The predicted molar refractivity (Wildman–Crippen MR) is 99.3 cm³/mol. The highest BCUT2D eigenvalue weighted by atomic mass is 16.5. The molecule has 3 rings (SSSR count). The zero-order valence-corrected chi connectivity index (χ0v) is 14.9. The molecule has 0 aliphatic carbocycles. The van der Waals surface area contributed by atoms with E-state index >= 15 is 0 Å². The zero-order chi connectivity index (χ0) is 17.3. The minimum Gasteiger partial charge on any atom is -0.497 e. The Bertz CT molecular complexity index is 619. The third kappa shape index (κ3) is 5.76. The first kappa shape index (κ1) is 17.8. The van der Waals surface area contributed by atoms with Crippen molar-refractivity contribution in [1.29, 1.82) is 0 Å². The Kier molecular flexibility index (Phi) is 6.71. The third-order valence-electron chi connectivity index (χ3n) is 4.53. The molecule has 1 heterocycles. The molecule has 0 unspecified atom stereocenters. The smallest absolute Gasteiger partial charge is 0.119 e. The molecule has 1 saturated heterocycles. The van der Waals surface area contributed by atoms with E-state index in [2.05, 4.69) is 29.2 Å². The van der Waals surface area contributed by atoms with Crippen molar-refractivity contribution in [2.75, 3.05) is 40.0 Å². The fourth-order valence-electron chi connectivity index (χ4n) is 2.97. The van der Waals surface area contributed by atoms with Gasteiger partial charge in [0.05, 0.1) is 20.3 Å². The van der Waals surface area contributed by atoms with Crippen LogP contribution in [0.25, 0.3) is 0 Å². The monoisotopic (exact) mass is 341 g/mol. The second-order valence-electron chi connectivity index (χ2n) is 6.34. The van der Waals surface area contributed by atoms with E-state index in [1.807, 2.05) is 24.3 Å². The maximum absolute atomic E-state index is 5.86. The van der Waals surface area contributed by atoms with Gasteiger partial charge in [0.2, 0.25) is 0 Å². The van der Waals surface area contributed by atoms with Crippen LogP contribution in [0.1, 0.15) is 17.5 Å². The Morgan fingerprint density at radius 3 is 2.20 bits per heavy atom. The Morgan fingerprint density at radius 2 is 1.52 bits per heavy atom. The molecule has 1 fully saturated rings. The number of aryl methyl sites for hydroxylation is 1. The van der Waals surface area contributed by atoms with E-state index in [0.29, 0.717) is 6.61 Å². The van der Waals surface area contributed by atoms with Crippen LogP contribution in [0.5, 0.6) is 11.5 Å². The molecule has 0 aromatic heterocycles. The number of rotatable bonds is 8. The molecule has 4 nitrogen and oxygen atoms in total. The molecule has 25 heavy (non-hydrogen) atoms. The lowest BCUT2D eigenvalue weighted by Crippen LogP contribution is -2.36. The van der Waals surface area contributed by atoms with Gasteiger partial charge in [0.1, 0.15) is 18.1 Å². The van der Waals surface area contributed by atoms with E-state index in [-0.39, 0.29) is 0 Å². The lowest BCUT2D eigenvalue weighted by atomic mass is 10.1. The van der Waals surface area contributed by atoms with Gasteiger partial charge < -0.3 is 14.2 Å². The summed E-state index contributed by atoms with van der Waals surface area (Å²) in [4.78, 5) is 2.48. The van der Waals surface area contributed by atoms with Crippen molar-refractivity contribution in [2.24, 2.45) is 0 Å². The van der Waals surface area contributed by atoms with Gasteiger partial charge in [-0.1, -0.05) is 24.3 Å². The molecule has 134 valence electrons. The zero-order valence-electron chi connectivity index (χ0n) is 14.9. The van der Waals surface area contributed by atoms with Crippen LogP contribution in [-0.4, -0.2) is 44.9 Å². The second-order valence-corrected chi connectivity index (χ2v) is 6.34. The van der Waals surface area contributed by atoms with Gasteiger partial charge in [-0.25, -0.2) is 0 Å². The molecule has 0 saturated carbocycles. The fraction of sp³-hybridized carbons (Fsp3) is 0.429. The van der Waals surface area contributed by atoms with E-state index in [0.717, 1.165) is 56.3 Å². The Morgan fingerprint density at radius 1 is 0.880 bits per heavy atom. The minimum absolute atomic E-state index is 0.570. The van der Waals surface area contributed by atoms with Crippen LogP contribution in [-0.2, 0) is 17.8 Å². The van der Waals surface area contributed by atoms with Gasteiger partial charge in [0.15, 0.2) is 0 Å². The van der Waals surface area contributed by atoms with E-state index in [1.165, 1.54) is 12.0 Å². The third-order valence-corrected chi connectivity index (χ3v) is 4.53. The maximum Gasteiger partial charge on any atom is 0.119 e. The quantitative estimate of drug-likeness (QED) is 0.735. The van der Waals surface area contributed by atoms with Gasteiger partial charge in [-0.05, 0) is 54.8 Å².